The SMILES string of the molecule is CCc1cc(OCCc2nc(-c3ccccc3)oc2C)ccc1C(C)CC(=O)O. The van der Waals surface area contributed by atoms with Crippen LogP contribution in [-0.4, -0.2) is 22.7 Å². The van der Waals surface area contributed by atoms with Gasteiger partial charge in [-0.3, -0.25) is 4.79 Å². The molecule has 1 unspecified atom stereocenters. The third-order valence-corrected chi connectivity index (χ3v) is 5.03. The Morgan fingerprint density at radius 2 is 1.97 bits per heavy atom. The van der Waals surface area contributed by atoms with Gasteiger partial charge in [0.25, 0.3) is 0 Å². The van der Waals surface area contributed by atoms with Crippen LogP contribution in [0.2, 0.25) is 0 Å². The first-order valence-electron chi connectivity index (χ1n) is 9.97. The lowest BCUT2D eigenvalue weighted by Gasteiger charge is -2.16. The van der Waals surface area contributed by atoms with Crippen molar-refractivity contribution in [1.29, 1.82) is 0 Å². The molecule has 3 rings (SSSR count). The number of ether oxygens (including phenoxy) is 1. The van der Waals surface area contributed by atoms with Gasteiger partial charge in [-0.05, 0) is 54.7 Å². The summed E-state index contributed by atoms with van der Waals surface area (Å²) in [6.45, 7) is 6.43. The Bertz CT molecular complexity index is 962. The molecule has 2 aromatic carbocycles. The summed E-state index contributed by atoms with van der Waals surface area (Å²) in [4.78, 5) is 15.6. The minimum Gasteiger partial charge on any atom is -0.493 e. The van der Waals surface area contributed by atoms with Gasteiger partial charge >= 0.3 is 5.97 Å². The van der Waals surface area contributed by atoms with Crippen LogP contribution in [0.25, 0.3) is 11.5 Å². The fourth-order valence-electron chi connectivity index (χ4n) is 3.46. The highest BCUT2D eigenvalue weighted by Gasteiger charge is 2.15. The second-order valence-corrected chi connectivity index (χ2v) is 7.20. The van der Waals surface area contributed by atoms with Crippen molar-refractivity contribution in [2.75, 3.05) is 6.61 Å². The first-order chi connectivity index (χ1) is 14.0. The lowest BCUT2D eigenvalue weighted by atomic mass is 9.92. The normalized spacial score (nSPS) is 12.0. The quantitative estimate of drug-likeness (QED) is 0.526. The maximum absolute atomic E-state index is 11.0. The van der Waals surface area contributed by atoms with Crippen molar-refractivity contribution < 1.29 is 19.1 Å². The number of hydrogen-bond acceptors (Lipinski definition) is 4. The number of nitrogens with zero attached hydrogens (tertiary/aromatic N) is 1. The monoisotopic (exact) mass is 393 g/mol. The van der Waals surface area contributed by atoms with E-state index in [1.54, 1.807) is 0 Å². The predicted molar refractivity (Wildman–Crippen MR) is 112 cm³/mol. The number of benzene rings is 2. The van der Waals surface area contributed by atoms with E-state index in [4.69, 9.17) is 14.3 Å². The average molecular weight is 393 g/mol. The summed E-state index contributed by atoms with van der Waals surface area (Å²) >= 11 is 0. The zero-order valence-corrected chi connectivity index (χ0v) is 17.1. The number of aromatic nitrogens is 1. The summed E-state index contributed by atoms with van der Waals surface area (Å²) in [5.74, 6) is 1.42. The lowest BCUT2D eigenvalue weighted by Crippen LogP contribution is -2.07. The van der Waals surface area contributed by atoms with Crippen LogP contribution >= 0.6 is 0 Å². The molecule has 3 aromatic rings. The van der Waals surface area contributed by atoms with Gasteiger partial charge < -0.3 is 14.3 Å². The second-order valence-electron chi connectivity index (χ2n) is 7.20. The van der Waals surface area contributed by atoms with Crippen LogP contribution in [0, 0.1) is 6.92 Å². The zero-order valence-electron chi connectivity index (χ0n) is 17.1. The minimum atomic E-state index is -0.780. The first-order valence-corrected chi connectivity index (χ1v) is 9.97. The highest BCUT2D eigenvalue weighted by atomic mass is 16.5. The van der Waals surface area contributed by atoms with Gasteiger partial charge in [0.15, 0.2) is 0 Å². The Hall–Kier alpha value is -3.08. The maximum Gasteiger partial charge on any atom is 0.303 e. The van der Waals surface area contributed by atoms with E-state index in [0.717, 1.165) is 40.3 Å². The van der Waals surface area contributed by atoms with Gasteiger partial charge in [0.05, 0.1) is 18.7 Å². The summed E-state index contributed by atoms with van der Waals surface area (Å²) in [5, 5.41) is 9.05. The third kappa shape index (κ3) is 5.25. The molecule has 0 aliphatic carbocycles. The van der Waals surface area contributed by atoms with E-state index in [2.05, 4.69) is 11.9 Å². The van der Waals surface area contributed by atoms with Gasteiger partial charge in [-0.15, -0.1) is 0 Å². The number of aryl methyl sites for hydroxylation is 2. The van der Waals surface area contributed by atoms with Crippen LogP contribution in [0.4, 0.5) is 0 Å². The van der Waals surface area contributed by atoms with Gasteiger partial charge in [0, 0.05) is 12.0 Å². The molecule has 0 saturated carbocycles. The van der Waals surface area contributed by atoms with Crippen molar-refractivity contribution in [3.63, 3.8) is 0 Å². The summed E-state index contributed by atoms with van der Waals surface area (Å²) in [6, 6.07) is 15.8. The van der Waals surface area contributed by atoms with Crippen LogP contribution in [0.1, 0.15) is 48.8 Å². The molecule has 0 bridgehead atoms. The number of rotatable bonds is 9. The van der Waals surface area contributed by atoms with E-state index < -0.39 is 5.97 Å². The highest BCUT2D eigenvalue weighted by molar-refractivity contribution is 5.68. The van der Waals surface area contributed by atoms with Crippen LogP contribution in [0.5, 0.6) is 5.75 Å². The van der Waals surface area contributed by atoms with E-state index in [-0.39, 0.29) is 12.3 Å². The van der Waals surface area contributed by atoms with Crippen LogP contribution in [0.15, 0.2) is 52.9 Å². The average Bonchev–Trinajstić information content (AvgIpc) is 3.08. The van der Waals surface area contributed by atoms with Gasteiger partial charge in [0.1, 0.15) is 11.5 Å². The Balaban J connectivity index is 1.63. The molecule has 0 saturated heterocycles. The van der Waals surface area contributed by atoms with Crippen molar-refractivity contribution in [3.8, 4) is 17.2 Å². The van der Waals surface area contributed by atoms with E-state index in [9.17, 15) is 4.79 Å². The molecule has 0 spiro atoms. The molecule has 5 heteroatoms. The van der Waals surface area contributed by atoms with Crippen LogP contribution in [-0.2, 0) is 17.6 Å². The van der Waals surface area contributed by atoms with Gasteiger partial charge in [-0.1, -0.05) is 38.1 Å². The first kappa shape index (κ1) is 20.6. The predicted octanol–water partition coefficient (Wildman–Crippen LogP) is 5.41. The van der Waals surface area contributed by atoms with Crippen molar-refractivity contribution in [3.05, 3.63) is 71.1 Å². The van der Waals surface area contributed by atoms with Gasteiger partial charge in [0.2, 0.25) is 5.89 Å². The molecule has 5 nitrogen and oxygen atoms in total. The lowest BCUT2D eigenvalue weighted by molar-refractivity contribution is -0.137. The molecular weight excluding hydrogens is 366 g/mol. The molecule has 0 amide bonds. The van der Waals surface area contributed by atoms with Crippen LogP contribution in [0.3, 0.4) is 0 Å². The summed E-state index contributed by atoms with van der Waals surface area (Å²) < 4.78 is 11.7. The largest absolute Gasteiger partial charge is 0.493 e. The molecule has 1 heterocycles. The molecule has 0 aliphatic heterocycles. The molecular formula is C24H27NO4. The number of oxazole rings is 1. The van der Waals surface area contributed by atoms with Crippen molar-refractivity contribution >= 4 is 5.97 Å². The topological polar surface area (TPSA) is 72.6 Å². The van der Waals surface area contributed by atoms with E-state index in [1.165, 1.54) is 0 Å². The smallest absolute Gasteiger partial charge is 0.303 e. The standard InChI is InChI=1S/C24H27NO4/c1-4-18-15-20(10-11-21(18)16(2)14-23(26)27)28-13-12-22-17(3)29-24(25-22)19-8-6-5-7-9-19/h5-11,15-16H,4,12-14H2,1-3H3,(H,26,27). The van der Waals surface area contributed by atoms with E-state index in [0.29, 0.717) is 18.9 Å². The van der Waals surface area contributed by atoms with Crippen molar-refractivity contribution in [2.45, 2.75) is 46.0 Å². The number of carboxylic acids is 1. The van der Waals surface area contributed by atoms with Crippen LogP contribution < -0.4 is 4.74 Å². The van der Waals surface area contributed by atoms with E-state index in [1.807, 2.05) is 62.4 Å². The number of carboxylic acid groups (broad SMARTS) is 1. The second kappa shape index (κ2) is 9.41. The number of carbonyl (C=O) groups is 1. The van der Waals surface area contributed by atoms with Crippen molar-refractivity contribution in [1.82, 2.24) is 4.98 Å². The molecule has 1 atom stereocenters. The summed E-state index contributed by atoms with van der Waals surface area (Å²) in [5.41, 5.74) is 4.05. The fourth-order valence-corrected chi connectivity index (χ4v) is 3.46. The molecule has 0 fully saturated rings. The van der Waals surface area contributed by atoms with E-state index >= 15 is 0 Å². The highest BCUT2D eigenvalue weighted by Crippen LogP contribution is 2.27. The summed E-state index contributed by atoms with van der Waals surface area (Å²) in [7, 11) is 0. The van der Waals surface area contributed by atoms with Crippen molar-refractivity contribution in [2.24, 2.45) is 0 Å². The molecule has 0 radical (unpaired) electrons. The Morgan fingerprint density at radius 3 is 2.66 bits per heavy atom. The molecule has 0 aliphatic rings. The Labute approximate surface area is 171 Å². The fraction of sp³-hybridized carbons (Fsp3) is 0.333. The molecule has 1 N–H and O–H groups in total. The third-order valence-electron chi connectivity index (χ3n) is 5.03. The summed E-state index contributed by atoms with van der Waals surface area (Å²) in [6.07, 6.45) is 1.61. The Kier molecular flexibility index (Phi) is 6.70. The molecule has 29 heavy (non-hydrogen) atoms. The minimum absolute atomic E-state index is 0.0225. The van der Waals surface area contributed by atoms with Gasteiger partial charge in [-0.25, -0.2) is 4.98 Å². The Morgan fingerprint density at radius 1 is 1.21 bits per heavy atom. The maximum atomic E-state index is 11.0. The number of hydrogen-bond donors (Lipinski definition) is 1. The molecule has 1 aromatic heterocycles. The number of aliphatic carboxylic acids is 1. The van der Waals surface area contributed by atoms with Gasteiger partial charge in [-0.2, -0.15) is 0 Å². The molecule has 152 valence electrons. The zero-order chi connectivity index (χ0) is 20.8.